The van der Waals surface area contributed by atoms with Crippen molar-refractivity contribution in [2.75, 3.05) is 0 Å². The second-order valence-corrected chi connectivity index (χ2v) is 8.62. The molecule has 0 bridgehead atoms. The number of nitrogens with zero attached hydrogens (tertiary/aromatic N) is 2. The van der Waals surface area contributed by atoms with Gasteiger partial charge in [-0.3, -0.25) is 9.97 Å². The first-order valence-corrected chi connectivity index (χ1v) is 11.7. The van der Waals surface area contributed by atoms with Crippen molar-refractivity contribution in [1.29, 1.82) is 0 Å². The summed E-state index contributed by atoms with van der Waals surface area (Å²) in [5.41, 5.74) is 8.84. The van der Waals surface area contributed by atoms with Crippen LogP contribution in [-0.2, 0) is 6.42 Å². The standard InChI is InChI=1S/C25H26FN.C6H7N/c1-18(2)25-19(3)16-24(21-12-5-4-6-13-21)27-23(25)15-9-11-20-10-7-8-14-22(26)17-20;1-6-3-2-4-7-5-6/h4-7,10,12-14,16-17H,1,8-9,11,15H2,2-3H3;2-5H,1H3. The lowest BCUT2D eigenvalue weighted by Crippen LogP contribution is -2.02. The van der Waals surface area contributed by atoms with Crippen molar-refractivity contribution in [1.82, 2.24) is 9.97 Å². The van der Waals surface area contributed by atoms with Gasteiger partial charge in [-0.05, 0) is 93.0 Å². The Morgan fingerprint density at radius 1 is 1.06 bits per heavy atom. The van der Waals surface area contributed by atoms with Crippen LogP contribution in [0.2, 0.25) is 0 Å². The van der Waals surface area contributed by atoms with Crippen molar-refractivity contribution in [2.45, 2.75) is 46.5 Å². The van der Waals surface area contributed by atoms with E-state index in [-0.39, 0.29) is 5.83 Å². The summed E-state index contributed by atoms with van der Waals surface area (Å²) in [6, 6.07) is 16.3. The summed E-state index contributed by atoms with van der Waals surface area (Å²) in [6.45, 7) is 10.3. The Morgan fingerprint density at radius 3 is 2.50 bits per heavy atom. The molecule has 0 amide bonds. The highest BCUT2D eigenvalue weighted by Crippen LogP contribution is 2.28. The van der Waals surface area contributed by atoms with Crippen LogP contribution in [0.25, 0.3) is 16.8 Å². The first kappa shape index (κ1) is 25.0. The third-order valence-corrected chi connectivity index (χ3v) is 5.58. The van der Waals surface area contributed by atoms with Crippen LogP contribution in [0.4, 0.5) is 4.39 Å². The Labute approximate surface area is 203 Å². The zero-order valence-corrected chi connectivity index (χ0v) is 20.4. The Bertz CT molecular complexity index is 1190. The molecule has 0 spiro atoms. The van der Waals surface area contributed by atoms with Gasteiger partial charge < -0.3 is 0 Å². The molecule has 0 N–H and O–H groups in total. The van der Waals surface area contributed by atoms with Crippen molar-refractivity contribution in [3.63, 3.8) is 0 Å². The number of hydrogen-bond acceptors (Lipinski definition) is 2. The molecule has 1 aliphatic carbocycles. The monoisotopic (exact) mass is 452 g/mol. The third kappa shape index (κ3) is 7.48. The van der Waals surface area contributed by atoms with Gasteiger partial charge in [0.2, 0.25) is 0 Å². The number of allylic oxidation sites excluding steroid dienone is 7. The summed E-state index contributed by atoms with van der Waals surface area (Å²) in [6.07, 6.45) is 14.2. The van der Waals surface area contributed by atoms with Crippen molar-refractivity contribution < 1.29 is 4.39 Å². The molecule has 174 valence electrons. The molecule has 34 heavy (non-hydrogen) atoms. The Kier molecular flexibility index (Phi) is 9.28. The Balaban J connectivity index is 0.000000396. The van der Waals surface area contributed by atoms with Crippen molar-refractivity contribution in [3.8, 4) is 11.3 Å². The largest absolute Gasteiger partial charge is 0.264 e. The molecule has 0 aliphatic heterocycles. The van der Waals surface area contributed by atoms with Gasteiger partial charge in [0.15, 0.2) is 0 Å². The molecule has 0 unspecified atom stereocenters. The van der Waals surface area contributed by atoms with E-state index in [1.54, 1.807) is 18.3 Å². The maximum atomic E-state index is 13.6. The number of benzene rings is 1. The normalized spacial score (nSPS) is 12.7. The zero-order valence-electron chi connectivity index (χ0n) is 20.4. The Morgan fingerprint density at radius 2 is 1.85 bits per heavy atom. The first-order valence-electron chi connectivity index (χ1n) is 11.7. The SMILES string of the molecule is C=C(C)c1c(C)cc(-c2ccccc2)nc1CCCC1=CC(F)=CCC=C1.Cc1cccnc1. The van der Waals surface area contributed by atoms with Crippen LogP contribution in [0, 0.1) is 13.8 Å². The second-order valence-electron chi connectivity index (χ2n) is 8.62. The third-order valence-electron chi connectivity index (χ3n) is 5.58. The van der Waals surface area contributed by atoms with Gasteiger partial charge in [0.05, 0.1) is 5.69 Å². The van der Waals surface area contributed by atoms with Gasteiger partial charge in [-0.1, -0.05) is 55.1 Å². The maximum absolute atomic E-state index is 13.6. The molecule has 0 fully saturated rings. The van der Waals surface area contributed by atoms with E-state index < -0.39 is 0 Å². The van der Waals surface area contributed by atoms with Crippen LogP contribution in [0.15, 0.2) is 103 Å². The van der Waals surface area contributed by atoms with Crippen molar-refractivity contribution in [2.24, 2.45) is 0 Å². The van der Waals surface area contributed by atoms with Gasteiger partial charge in [-0.25, -0.2) is 4.39 Å². The van der Waals surface area contributed by atoms with E-state index in [1.807, 2.05) is 62.5 Å². The summed E-state index contributed by atoms with van der Waals surface area (Å²) in [5, 5.41) is 0. The summed E-state index contributed by atoms with van der Waals surface area (Å²) < 4.78 is 13.6. The molecular formula is C31H33FN2. The minimum Gasteiger partial charge on any atom is -0.264 e. The highest BCUT2D eigenvalue weighted by atomic mass is 19.1. The number of hydrogen-bond donors (Lipinski definition) is 0. The maximum Gasteiger partial charge on any atom is 0.119 e. The molecular weight excluding hydrogens is 419 g/mol. The number of halogens is 1. The van der Waals surface area contributed by atoms with Crippen LogP contribution < -0.4 is 0 Å². The number of rotatable bonds is 6. The van der Waals surface area contributed by atoms with Crippen molar-refractivity contribution in [3.05, 3.63) is 126 Å². The van der Waals surface area contributed by atoms with Gasteiger partial charge in [0.1, 0.15) is 5.83 Å². The van der Waals surface area contributed by atoms with Crippen LogP contribution in [-0.4, -0.2) is 9.97 Å². The molecule has 0 radical (unpaired) electrons. The van der Waals surface area contributed by atoms with Gasteiger partial charge in [-0.2, -0.15) is 0 Å². The average Bonchev–Trinajstić information content (AvgIpc) is 3.03. The van der Waals surface area contributed by atoms with Crippen LogP contribution in [0.5, 0.6) is 0 Å². The fourth-order valence-corrected chi connectivity index (χ4v) is 4.01. The Hall–Kier alpha value is -3.59. The minimum atomic E-state index is -0.141. The van der Waals surface area contributed by atoms with Gasteiger partial charge >= 0.3 is 0 Å². The first-order chi connectivity index (χ1) is 16.4. The van der Waals surface area contributed by atoms with E-state index in [0.717, 1.165) is 52.9 Å². The minimum absolute atomic E-state index is 0.141. The lowest BCUT2D eigenvalue weighted by Gasteiger charge is -2.15. The molecule has 2 nitrogen and oxygen atoms in total. The fourth-order valence-electron chi connectivity index (χ4n) is 4.01. The molecule has 4 rings (SSSR count). The molecule has 2 aromatic heterocycles. The smallest absolute Gasteiger partial charge is 0.119 e. The number of aryl methyl sites for hydroxylation is 3. The summed E-state index contributed by atoms with van der Waals surface area (Å²) in [5.74, 6) is -0.141. The predicted molar refractivity (Wildman–Crippen MR) is 142 cm³/mol. The van der Waals surface area contributed by atoms with Crippen molar-refractivity contribution >= 4 is 5.57 Å². The van der Waals surface area contributed by atoms with Crippen LogP contribution in [0.1, 0.15) is 48.6 Å². The zero-order chi connectivity index (χ0) is 24.3. The highest BCUT2D eigenvalue weighted by Gasteiger charge is 2.12. The topological polar surface area (TPSA) is 25.8 Å². The van der Waals surface area contributed by atoms with E-state index in [1.165, 1.54) is 11.1 Å². The van der Waals surface area contributed by atoms with Crippen LogP contribution in [0.3, 0.4) is 0 Å². The predicted octanol–water partition coefficient (Wildman–Crippen LogP) is 8.54. The molecule has 3 heteroatoms. The molecule has 0 saturated carbocycles. The lowest BCUT2D eigenvalue weighted by atomic mass is 9.95. The lowest BCUT2D eigenvalue weighted by molar-refractivity contribution is 0.660. The second kappa shape index (κ2) is 12.6. The number of pyridine rings is 2. The summed E-state index contributed by atoms with van der Waals surface area (Å²) in [7, 11) is 0. The molecule has 1 aliphatic rings. The molecule has 1 aromatic carbocycles. The summed E-state index contributed by atoms with van der Waals surface area (Å²) in [4.78, 5) is 8.84. The van der Waals surface area contributed by atoms with E-state index >= 15 is 0 Å². The summed E-state index contributed by atoms with van der Waals surface area (Å²) >= 11 is 0. The van der Waals surface area contributed by atoms with Gasteiger partial charge in [0.25, 0.3) is 0 Å². The molecule has 3 aromatic rings. The molecule has 0 atom stereocenters. The van der Waals surface area contributed by atoms with E-state index in [2.05, 4.69) is 36.7 Å². The molecule has 0 saturated heterocycles. The van der Waals surface area contributed by atoms with E-state index in [0.29, 0.717) is 6.42 Å². The van der Waals surface area contributed by atoms with Gasteiger partial charge in [0, 0.05) is 29.2 Å². The average molecular weight is 453 g/mol. The quantitative estimate of drug-likeness (QED) is 0.374. The van der Waals surface area contributed by atoms with Crippen LogP contribution >= 0.6 is 0 Å². The van der Waals surface area contributed by atoms with E-state index in [9.17, 15) is 4.39 Å². The fraction of sp³-hybridized carbons (Fsp3) is 0.226. The van der Waals surface area contributed by atoms with Gasteiger partial charge in [-0.15, -0.1) is 0 Å². The highest BCUT2D eigenvalue weighted by molar-refractivity contribution is 5.70. The molecule has 2 heterocycles. The van der Waals surface area contributed by atoms with E-state index in [4.69, 9.17) is 4.98 Å². The number of aromatic nitrogens is 2.